The SMILES string of the molecule is Cc1ccc(Sc2ccc(S(I)(c3ccccc3)c3ccc(C)cc3)cc2)cc1. The van der Waals surface area contributed by atoms with Crippen LogP contribution in [0.3, 0.4) is 0 Å². The molecule has 0 nitrogen and oxygen atoms in total. The summed E-state index contributed by atoms with van der Waals surface area (Å²) in [6.45, 7) is 4.27. The second-order valence-electron chi connectivity index (χ2n) is 7.05. The maximum absolute atomic E-state index is 2.70. The van der Waals surface area contributed by atoms with Gasteiger partial charge in [0.15, 0.2) is 0 Å². The molecule has 0 bridgehead atoms. The predicted molar refractivity (Wildman–Crippen MR) is 136 cm³/mol. The standard InChI is InChI=1S/C26H23IS2/c1-20-8-12-22(13-9-20)28-23-14-18-26(19-15-23)29(27,24-6-4-3-5-7-24)25-16-10-21(2)11-17-25/h3-19H,1-2H3. The first-order valence-electron chi connectivity index (χ1n) is 9.55. The minimum absolute atomic E-state index is 1.27. The Kier molecular flexibility index (Phi) is 6.38. The molecule has 1 unspecified atom stereocenters. The summed E-state index contributed by atoms with van der Waals surface area (Å²) in [5.74, 6) is 0. The third kappa shape index (κ3) is 4.57. The van der Waals surface area contributed by atoms with E-state index in [0.717, 1.165) is 0 Å². The van der Waals surface area contributed by atoms with Crippen LogP contribution in [0.15, 0.2) is 128 Å². The maximum atomic E-state index is 2.70. The van der Waals surface area contributed by atoms with Gasteiger partial charge in [0.05, 0.1) is 0 Å². The molecule has 0 fully saturated rings. The van der Waals surface area contributed by atoms with Crippen LogP contribution < -0.4 is 0 Å². The van der Waals surface area contributed by atoms with E-state index in [1.807, 2.05) is 11.8 Å². The first-order chi connectivity index (χ1) is 14.1. The third-order valence-corrected chi connectivity index (χ3v) is 13.2. The Morgan fingerprint density at radius 2 is 0.897 bits per heavy atom. The summed E-state index contributed by atoms with van der Waals surface area (Å²) in [5, 5.41) is 0. The van der Waals surface area contributed by atoms with Crippen LogP contribution in [0.2, 0.25) is 0 Å². The van der Waals surface area contributed by atoms with Crippen LogP contribution in [0.25, 0.3) is 0 Å². The molecule has 0 aromatic heterocycles. The molecular formula is C26H23IS2. The Morgan fingerprint density at radius 3 is 1.41 bits per heavy atom. The minimum atomic E-state index is -1.33. The zero-order valence-corrected chi connectivity index (χ0v) is 20.3. The number of aryl methyl sites for hydroxylation is 2. The quantitative estimate of drug-likeness (QED) is 0.234. The van der Waals surface area contributed by atoms with Gasteiger partial charge in [0.25, 0.3) is 0 Å². The summed E-state index contributed by atoms with van der Waals surface area (Å²) in [6.07, 6.45) is 0. The van der Waals surface area contributed by atoms with Crippen LogP contribution in [0.5, 0.6) is 0 Å². The highest BCUT2D eigenvalue weighted by Crippen LogP contribution is 2.74. The van der Waals surface area contributed by atoms with Gasteiger partial charge in [0, 0.05) is 24.5 Å². The number of rotatable bonds is 5. The molecule has 4 rings (SSSR count). The average molecular weight is 527 g/mol. The number of benzene rings is 4. The van der Waals surface area contributed by atoms with E-state index in [0.29, 0.717) is 0 Å². The van der Waals surface area contributed by atoms with Crippen LogP contribution in [-0.2, 0) is 0 Å². The second kappa shape index (κ2) is 8.99. The number of hydrogen-bond donors (Lipinski definition) is 0. The molecule has 0 radical (unpaired) electrons. The lowest BCUT2D eigenvalue weighted by molar-refractivity contribution is 1.28. The minimum Gasteiger partial charge on any atom is -0.105 e. The highest BCUT2D eigenvalue weighted by atomic mass is 127. The number of halogens is 1. The fourth-order valence-corrected chi connectivity index (χ4v) is 9.01. The van der Waals surface area contributed by atoms with Gasteiger partial charge in [0.2, 0.25) is 0 Å². The van der Waals surface area contributed by atoms with E-state index in [1.54, 1.807) is 0 Å². The van der Waals surface area contributed by atoms with E-state index in [1.165, 1.54) is 35.6 Å². The van der Waals surface area contributed by atoms with Crippen molar-refractivity contribution in [2.75, 3.05) is 0 Å². The molecule has 4 aromatic carbocycles. The van der Waals surface area contributed by atoms with E-state index < -0.39 is 7.20 Å². The van der Waals surface area contributed by atoms with Gasteiger partial charge in [0.1, 0.15) is 0 Å². The summed E-state index contributed by atoms with van der Waals surface area (Å²) >= 11 is 4.52. The normalized spacial score (nSPS) is 14.2. The van der Waals surface area contributed by atoms with Crippen molar-refractivity contribution in [3.63, 3.8) is 0 Å². The fourth-order valence-electron chi connectivity index (χ4n) is 3.18. The Morgan fingerprint density at radius 1 is 0.517 bits per heavy atom. The zero-order valence-electron chi connectivity index (χ0n) is 16.5. The van der Waals surface area contributed by atoms with Gasteiger partial charge in [-0.15, -0.1) is 7.20 Å². The van der Waals surface area contributed by atoms with Gasteiger partial charge in [-0.05, 0) is 95.7 Å². The van der Waals surface area contributed by atoms with Crippen LogP contribution in [0.1, 0.15) is 11.1 Å². The summed E-state index contributed by atoms with van der Waals surface area (Å²) in [7, 11) is -1.33. The van der Waals surface area contributed by atoms with Crippen molar-refractivity contribution in [1.82, 2.24) is 0 Å². The first-order valence-corrected chi connectivity index (χ1v) is 14.5. The van der Waals surface area contributed by atoms with Crippen molar-refractivity contribution in [1.29, 1.82) is 0 Å². The van der Waals surface area contributed by atoms with Crippen molar-refractivity contribution in [3.05, 3.63) is 114 Å². The molecule has 4 aromatic rings. The van der Waals surface area contributed by atoms with Gasteiger partial charge >= 0.3 is 0 Å². The Bertz CT molecular complexity index is 1070. The molecule has 0 spiro atoms. The molecule has 0 saturated carbocycles. The highest BCUT2D eigenvalue weighted by Gasteiger charge is 2.27. The van der Waals surface area contributed by atoms with Gasteiger partial charge in [-0.1, -0.05) is 65.4 Å². The first kappa shape index (κ1) is 20.6. The monoisotopic (exact) mass is 526 g/mol. The van der Waals surface area contributed by atoms with E-state index in [9.17, 15) is 0 Å². The Balaban J connectivity index is 1.71. The van der Waals surface area contributed by atoms with Gasteiger partial charge in [-0.25, -0.2) is 0 Å². The Hall–Kier alpha value is -1.69. The second-order valence-corrected chi connectivity index (χ2v) is 14.7. The van der Waals surface area contributed by atoms with Gasteiger partial charge in [-0.3, -0.25) is 0 Å². The summed E-state index contributed by atoms with van der Waals surface area (Å²) in [5.41, 5.74) is 2.59. The van der Waals surface area contributed by atoms with E-state index in [4.69, 9.17) is 0 Å². The van der Waals surface area contributed by atoms with Crippen molar-refractivity contribution in [3.8, 4) is 0 Å². The number of hydrogen-bond acceptors (Lipinski definition) is 1. The topological polar surface area (TPSA) is 0 Å². The highest BCUT2D eigenvalue weighted by molar-refractivity contribution is 14.2. The van der Waals surface area contributed by atoms with Gasteiger partial charge < -0.3 is 0 Å². The van der Waals surface area contributed by atoms with Crippen LogP contribution >= 0.6 is 40.2 Å². The summed E-state index contributed by atoms with van der Waals surface area (Å²) < 4.78 is 0. The van der Waals surface area contributed by atoms with Crippen molar-refractivity contribution >= 4 is 40.2 Å². The van der Waals surface area contributed by atoms with Crippen LogP contribution in [0, 0.1) is 13.8 Å². The van der Waals surface area contributed by atoms with E-state index in [2.05, 4.69) is 138 Å². The zero-order chi connectivity index (χ0) is 20.3. The molecular weight excluding hydrogens is 503 g/mol. The predicted octanol–water partition coefficient (Wildman–Crippen LogP) is 9.09. The maximum Gasteiger partial charge on any atom is 0.0123 e. The molecule has 0 amide bonds. The molecule has 0 aliphatic heterocycles. The lowest BCUT2D eigenvalue weighted by atomic mass is 10.2. The molecule has 29 heavy (non-hydrogen) atoms. The van der Waals surface area contributed by atoms with Gasteiger partial charge in [-0.2, -0.15) is 0 Å². The van der Waals surface area contributed by atoms with Crippen molar-refractivity contribution in [2.45, 2.75) is 38.3 Å². The van der Waals surface area contributed by atoms with E-state index in [-0.39, 0.29) is 0 Å². The molecule has 0 aliphatic carbocycles. The lowest BCUT2D eigenvalue weighted by Gasteiger charge is -2.35. The molecule has 0 heterocycles. The van der Waals surface area contributed by atoms with Crippen molar-refractivity contribution < 1.29 is 0 Å². The lowest BCUT2D eigenvalue weighted by Crippen LogP contribution is -1.96. The van der Waals surface area contributed by atoms with Crippen molar-refractivity contribution in [2.24, 2.45) is 0 Å². The summed E-state index contributed by atoms with van der Waals surface area (Å²) in [4.78, 5) is 6.68. The third-order valence-electron chi connectivity index (χ3n) is 4.82. The molecule has 146 valence electrons. The molecule has 0 aliphatic rings. The average Bonchev–Trinajstić information content (AvgIpc) is 2.76. The fraction of sp³-hybridized carbons (Fsp3) is 0.0769. The van der Waals surface area contributed by atoms with Crippen LogP contribution in [-0.4, -0.2) is 0 Å². The molecule has 0 saturated heterocycles. The van der Waals surface area contributed by atoms with E-state index >= 15 is 0 Å². The Labute approximate surface area is 191 Å². The van der Waals surface area contributed by atoms with Crippen LogP contribution in [0.4, 0.5) is 0 Å². The summed E-state index contributed by atoms with van der Waals surface area (Å²) in [6, 6.07) is 37.8. The largest absolute Gasteiger partial charge is 0.105 e. The smallest absolute Gasteiger partial charge is 0.0123 e. The molecule has 1 atom stereocenters. The molecule has 0 N–H and O–H groups in total. The molecule has 3 heteroatoms.